The molecule has 0 unspecified atom stereocenters. The number of furan rings is 1. The van der Waals surface area contributed by atoms with E-state index in [-0.39, 0.29) is 24.0 Å². The molecule has 0 aliphatic carbocycles. The lowest BCUT2D eigenvalue weighted by Crippen LogP contribution is -2.38. The van der Waals surface area contributed by atoms with Gasteiger partial charge in [0.15, 0.2) is 11.7 Å². The second kappa shape index (κ2) is 9.61. The molecule has 1 N–H and O–H groups in total. The number of benzene rings is 1. The topological polar surface area (TPSA) is 66.8 Å². The third-order valence-corrected chi connectivity index (χ3v) is 3.92. The van der Waals surface area contributed by atoms with Crippen molar-refractivity contribution in [1.82, 2.24) is 15.4 Å². The second-order valence-corrected chi connectivity index (χ2v) is 5.91. The van der Waals surface area contributed by atoms with Crippen LogP contribution < -0.4 is 5.32 Å². The SMILES string of the molecule is CCNC(=NCc1cc(CC)no1)N(C)Cc1cc2ccccc2o1.I. The first-order chi connectivity index (χ1) is 12.2. The smallest absolute Gasteiger partial charge is 0.194 e. The zero-order chi connectivity index (χ0) is 17.6. The molecule has 0 aliphatic heterocycles. The first-order valence-corrected chi connectivity index (χ1v) is 8.61. The van der Waals surface area contributed by atoms with Crippen molar-refractivity contribution in [2.75, 3.05) is 13.6 Å². The van der Waals surface area contributed by atoms with Gasteiger partial charge in [0.25, 0.3) is 0 Å². The zero-order valence-corrected chi connectivity index (χ0v) is 17.7. The molecule has 6 nitrogen and oxygen atoms in total. The van der Waals surface area contributed by atoms with Crippen molar-refractivity contribution in [2.24, 2.45) is 4.99 Å². The summed E-state index contributed by atoms with van der Waals surface area (Å²) in [4.78, 5) is 6.68. The Bertz CT molecular complexity index is 823. The Hall–Kier alpha value is -2.03. The van der Waals surface area contributed by atoms with Crippen molar-refractivity contribution >= 4 is 40.9 Å². The molecule has 0 spiro atoms. The normalized spacial score (nSPS) is 11.4. The van der Waals surface area contributed by atoms with E-state index in [0.29, 0.717) is 13.1 Å². The number of nitrogens with zero attached hydrogens (tertiary/aromatic N) is 3. The Morgan fingerprint density at radius 1 is 1.19 bits per heavy atom. The van der Waals surface area contributed by atoms with Crippen LogP contribution in [0.5, 0.6) is 0 Å². The van der Waals surface area contributed by atoms with Gasteiger partial charge in [-0.1, -0.05) is 30.3 Å². The van der Waals surface area contributed by atoms with Crippen molar-refractivity contribution in [3.05, 3.63) is 53.6 Å². The minimum atomic E-state index is 0. The second-order valence-electron chi connectivity index (χ2n) is 5.91. The summed E-state index contributed by atoms with van der Waals surface area (Å²) in [6.45, 7) is 5.99. The Kier molecular flexibility index (Phi) is 7.50. The molecular weight excluding hydrogens is 443 g/mol. The van der Waals surface area contributed by atoms with E-state index in [2.05, 4.69) is 34.5 Å². The summed E-state index contributed by atoms with van der Waals surface area (Å²) in [5, 5.41) is 8.41. The molecule has 7 heteroatoms. The minimum Gasteiger partial charge on any atom is -0.459 e. The highest BCUT2D eigenvalue weighted by Gasteiger charge is 2.11. The van der Waals surface area contributed by atoms with E-state index >= 15 is 0 Å². The van der Waals surface area contributed by atoms with Crippen LogP contribution in [-0.4, -0.2) is 29.6 Å². The number of hydrogen-bond acceptors (Lipinski definition) is 4. The third-order valence-electron chi connectivity index (χ3n) is 3.92. The molecule has 0 saturated carbocycles. The van der Waals surface area contributed by atoms with Gasteiger partial charge in [0.1, 0.15) is 17.9 Å². The molecule has 0 fully saturated rings. The summed E-state index contributed by atoms with van der Waals surface area (Å²) in [6.07, 6.45) is 0.860. The number of aliphatic imine (C=N–C) groups is 1. The maximum atomic E-state index is 5.89. The highest BCUT2D eigenvalue weighted by molar-refractivity contribution is 14.0. The van der Waals surface area contributed by atoms with Crippen LogP contribution in [0.2, 0.25) is 0 Å². The van der Waals surface area contributed by atoms with Crippen LogP contribution in [0.25, 0.3) is 11.0 Å². The van der Waals surface area contributed by atoms with Crippen LogP contribution in [0.3, 0.4) is 0 Å². The quantitative estimate of drug-likeness (QED) is 0.334. The van der Waals surface area contributed by atoms with Crippen LogP contribution in [0.1, 0.15) is 31.1 Å². The van der Waals surface area contributed by atoms with E-state index < -0.39 is 0 Å². The number of rotatable bonds is 6. The molecule has 3 aromatic rings. The van der Waals surface area contributed by atoms with Gasteiger partial charge in [0.05, 0.1) is 12.2 Å². The predicted octanol–water partition coefficient (Wildman–Crippen LogP) is 4.20. The van der Waals surface area contributed by atoms with Crippen LogP contribution >= 0.6 is 24.0 Å². The van der Waals surface area contributed by atoms with Crippen molar-refractivity contribution < 1.29 is 8.94 Å². The summed E-state index contributed by atoms with van der Waals surface area (Å²) in [6, 6.07) is 12.0. The zero-order valence-electron chi connectivity index (χ0n) is 15.4. The lowest BCUT2D eigenvalue weighted by Gasteiger charge is -2.20. The van der Waals surface area contributed by atoms with E-state index in [1.165, 1.54) is 0 Å². The number of aryl methyl sites for hydroxylation is 1. The van der Waals surface area contributed by atoms with Gasteiger partial charge in [0.2, 0.25) is 0 Å². The monoisotopic (exact) mass is 468 g/mol. The van der Waals surface area contributed by atoms with Crippen molar-refractivity contribution in [1.29, 1.82) is 0 Å². The lowest BCUT2D eigenvalue weighted by atomic mass is 10.2. The fraction of sp³-hybridized carbons (Fsp3) is 0.368. The number of hydrogen-bond donors (Lipinski definition) is 1. The average molecular weight is 468 g/mol. The van der Waals surface area contributed by atoms with Gasteiger partial charge < -0.3 is 19.2 Å². The highest BCUT2D eigenvalue weighted by Crippen LogP contribution is 2.19. The summed E-state index contributed by atoms with van der Waals surface area (Å²) >= 11 is 0. The van der Waals surface area contributed by atoms with Crippen molar-refractivity contribution in [2.45, 2.75) is 33.4 Å². The predicted molar refractivity (Wildman–Crippen MR) is 114 cm³/mol. The molecule has 0 amide bonds. The molecule has 3 rings (SSSR count). The van der Waals surface area contributed by atoms with Gasteiger partial charge in [-0.2, -0.15) is 0 Å². The molecule has 2 aromatic heterocycles. The van der Waals surface area contributed by atoms with Crippen LogP contribution in [-0.2, 0) is 19.5 Å². The van der Waals surface area contributed by atoms with E-state index in [0.717, 1.165) is 47.1 Å². The number of fused-ring (bicyclic) bond motifs is 1. The fourth-order valence-corrected chi connectivity index (χ4v) is 2.64. The summed E-state index contributed by atoms with van der Waals surface area (Å²) in [7, 11) is 1.99. The summed E-state index contributed by atoms with van der Waals surface area (Å²) in [5.74, 6) is 2.48. The first-order valence-electron chi connectivity index (χ1n) is 8.61. The Morgan fingerprint density at radius 2 is 2.00 bits per heavy atom. The molecule has 0 atom stereocenters. The van der Waals surface area contributed by atoms with Gasteiger partial charge in [-0.15, -0.1) is 24.0 Å². The largest absolute Gasteiger partial charge is 0.459 e. The number of aromatic nitrogens is 1. The maximum Gasteiger partial charge on any atom is 0.194 e. The van der Waals surface area contributed by atoms with Gasteiger partial charge in [-0.3, -0.25) is 0 Å². The van der Waals surface area contributed by atoms with E-state index in [1.54, 1.807) is 0 Å². The van der Waals surface area contributed by atoms with Crippen LogP contribution in [0.15, 0.2) is 50.3 Å². The molecule has 140 valence electrons. The molecule has 1 aromatic carbocycles. The third kappa shape index (κ3) is 5.00. The van der Waals surface area contributed by atoms with Gasteiger partial charge in [-0.05, 0) is 25.5 Å². The van der Waals surface area contributed by atoms with Crippen LogP contribution in [0.4, 0.5) is 0 Å². The van der Waals surface area contributed by atoms with Gasteiger partial charge in [-0.25, -0.2) is 4.99 Å². The van der Waals surface area contributed by atoms with E-state index in [1.807, 2.05) is 43.1 Å². The van der Waals surface area contributed by atoms with Gasteiger partial charge in [0, 0.05) is 25.0 Å². The van der Waals surface area contributed by atoms with Gasteiger partial charge >= 0.3 is 0 Å². The van der Waals surface area contributed by atoms with E-state index in [4.69, 9.17) is 8.94 Å². The first kappa shape index (κ1) is 20.3. The van der Waals surface area contributed by atoms with E-state index in [9.17, 15) is 0 Å². The van der Waals surface area contributed by atoms with Crippen LogP contribution in [0, 0.1) is 0 Å². The Labute approximate surface area is 170 Å². The maximum absolute atomic E-state index is 5.89. The van der Waals surface area contributed by atoms with Crippen molar-refractivity contribution in [3.63, 3.8) is 0 Å². The minimum absolute atomic E-state index is 0. The molecule has 0 bridgehead atoms. The van der Waals surface area contributed by atoms with Crippen molar-refractivity contribution in [3.8, 4) is 0 Å². The number of para-hydroxylation sites is 1. The lowest BCUT2D eigenvalue weighted by molar-refractivity contribution is 0.376. The number of nitrogens with one attached hydrogen (secondary N) is 1. The standard InChI is InChI=1S/C19H24N4O2.HI/c1-4-15-11-16(25-22-15)12-21-19(20-5-2)23(3)13-17-10-14-8-6-7-9-18(14)24-17;/h6-11H,4-5,12-13H2,1-3H3,(H,20,21);1H. The molecule has 0 radical (unpaired) electrons. The highest BCUT2D eigenvalue weighted by atomic mass is 127. The molecule has 0 aliphatic rings. The average Bonchev–Trinajstić information content (AvgIpc) is 3.24. The molecular formula is C19H25IN4O2. The Morgan fingerprint density at radius 3 is 2.69 bits per heavy atom. The Balaban J connectivity index is 0.00000243. The summed E-state index contributed by atoms with van der Waals surface area (Å²) < 4.78 is 11.2. The molecule has 26 heavy (non-hydrogen) atoms. The molecule has 0 saturated heterocycles. The fourth-order valence-electron chi connectivity index (χ4n) is 2.64. The summed E-state index contributed by atoms with van der Waals surface area (Å²) in [5.41, 5.74) is 1.85. The molecule has 2 heterocycles. The number of halogens is 1. The number of guanidine groups is 1.